The average Bonchev–Trinajstić information content (AvgIpc) is 2.97. The maximum atomic E-state index is 11.9. The largest absolute Gasteiger partial charge is 0.493 e. The quantitative estimate of drug-likeness (QED) is 0.839. The van der Waals surface area contributed by atoms with Crippen LogP contribution >= 0.6 is 11.8 Å². The molecule has 1 atom stereocenters. The van der Waals surface area contributed by atoms with E-state index in [-0.39, 0.29) is 11.3 Å². The molecule has 1 amide bonds. The number of carbonyl (C=O) groups excluding carboxylic acids is 1. The first kappa shape index (κ1) is 11.9. The lowest BCUT2D eigenvalue weighted by Gasteiger charge is -2.24. The van der Waals surface area contributed by atoms with Crippen LogP contribution in [0, 0.1) is 0 Å². The molecule has 96 valence electrons. The third-order valence-electron chi connectivity index (χ3n) is 3.43. The van der Waals surface area contributed by atoms with E-state index in [1.54, 1.807) is 11.8 Å². The summed E-state index contributed by atoms with van der Waals surface area (Å²) in [5.41, 5.74) is 2.52. The van der Waals surface area contributed by atoms with Gasteiger partial charge in [-0.15, -0.1) is 11.8 Å². The van der Waals surface area contributed by atoms with Gasteiger partial charge < -0.3 is 9.64 Å². The van der Waals surface area contributed by atoms with E-state index in [4.69, 9.17) is 4.74 Å². The number of fused-ring (bicyclic) bond motifs is 1. The van der Waals surface area contributed by atoms with Crippen molar-refractivity contribution in [2.24, 2.45) is 0 Å². The molecule has 0 aromatic heterocycles. The Morgan fingerprint density at radius 1 is 1.50 bits per heavy atom. The van der Waals surface area contributed by atoms with Crippen LogP contribution in [0.2, 0.25) is 0 Å². The van der Waals surface area contributed by atoms with E-state index < -0.39 is 0 Å². The normalized spacial score (nSPS) is 22.2. The van der Waals surface area contributed by atoms with Crippen LogP contribution in [0.15, 0.2) is 18.2 Å². The summed E-state index contributed by atoms with van der Waals surface area (Å²) in [6, 6.07) is 6.36. The minimum atomic E-state index is 0.198. The topological polar surface area (TPSA) is 29.5 Å². The van der Waals surface area contributed by atoms with Gasteiger partial charge in [0.15, 0.2) is 0 Å². The summed E-state index contributed by atoms with van der Waals surface area (Å²) in [5.74, 6) is 1.89. The Morgan fingerprint density at radius 2 is 2.39 bits per heavy atom. The van der Waals surface area contributed by atoms with Crippen LogP contribution < -0.4 is 4.74 Å². The first-order chi connectivity index (χ1) is 8.79. The zero-order valence-electron chi connectivity index (χ0n) is 10.5. The van der Waals surface area contributed by atoms with E-state index in [0.29, 0.717) is 5.75 Å². The van der Waals surface area contributed by atoms with Gasteiger partial charge in [0, 0.05) is 13.0 Å². The smallest absolute Gasteiger partial charge is 0.233 e. The third kappa shape index (κ3) is 1.99. The van der Waals surface area contributed by atoms with Gasteiger partial charge in [0.25, 0.3) is 0 Å². The number of hydrogen-bond acceptors (Lipinski definition) is 3. The summed E-state index contributed by atoms with van der Waals surface area (Å²) in [7, 11) is 0. The Kier molecular flexibility index (Phi) is 3.20. The SMILES string of the molecule is CCCN1C(=O)CSC1c1ccc2c(c1)CCO2. The molecule has 3 nitrogen and oxygen atoms in total. The first-order valence-electron chi connectivity index (χ1n) is 6.46. The number of benzene rings is 1. The molecule has 4 heteroatoms. The van der Waals surface area contributed by atoms with Gasteiger partial charge in [0.1, 0.15) is 11.1 Å². The molecule has 3 rings (SSSR count). The van der Waals surface area contributed by atoms with Crippen molar-refractivity contribution in [3.05, 3.63) is 29.3 Å². The molecule has 1 fully saturated rings. The number of hydrogen-bond donors (Lipinski definition) is 0. The molecule has 1 unspecified atom stereocenters. The Balaban J connectivity index is 1.87. The van der Waals surface area contributed by atoms with Crippen molar-refractivity contribution in [2.45, 2.75) is 25.1 Å². The Hall–Kier alpha value is -1.16. The summed E-state index contributed by atoms with van der Waals surface area (Å²) in [5, 5.41) is 0.198. The molecule has 2 aliphatic heterocycles. The molecular weight excluding hydrogens is 246 g/mol. The number of thioether (sulfide) groups is 1. The maximum Gasteiger partial charge on any atom is 0.233 e. The molecule has 2 heterocycles. The van der Waals surface area contributed by atoms with E-state index >= 15 is 0 Å². The molecule has 18 heavy (non-hydrogen) atoms. The summed E-state index contributed by atoms with van der Waals surface area (Å²) in [6.07, 6.45) is 2.00. The van der Waals surface area contributed by atoms with Crippen LogP contribution in [0.5, 0.6) is 5.75 Å². The standard InChI is InChI=1S/C14H17NO2S/c1-2-6-15-13(16)9-18-14(15)11-3-4-12-10(8-11)5-7-17-12/h3-4,8,14H,2,5-7,9H2,1H3. The van der Waals surface area contributed by atoms with Gasteiger partial charge >= 0.3 is 0 Å². The molecule has 1 aromatic rings. The monoisotopic (exact) mass is 263 g/mol. The maximum absolute atomic E-state index is 11.9. The molecule has 2 aliphatic rings. The molecule has 0 spiro atoms. The molecule has 0 radical (unpaired) electrons. The number of nitrogens with zero attached hydrogens (tertiary/aromatic N) is 1. The highest BCUT2D eigenvalue weighted by molar-refractivity contribution is 8.00. The van der Waals surface area contributed by atoms with E-state index in [1.807, 2.05) is 11.0 Å². The van der Waals surface area contributed by atoms with Gasteiger partial charge in [-0.25, -0.2) is 0 Å². The summed E-state index contributed by atoms with van der Waals surface area (Å²) in [6.45, 7) is 3.75. The van der Waals surface area contributed by atoms with Crippen molar-refractivity contribution < 1.29 is 9.53 Å². The molecule has 0 aliphatic carbocycles. The Morgan fingerprint density at radius 3 is 3.22 bits per heavy atom. The molecule has 1 saturated heterocycles. The zero-order valence-corrected chi connectivity index (χ0v) is 11.3. The second kappa shape index (κ2) is 4.84. The van der Waals surface area contributed by atoms with Gasteiger partial charge in [-0.2, -0.15) is 0 Å². The molecular formula is C14H17NO2S. The highest BCUT2D eigenvalue weighted by Gasteiger charge is 2.32. The molecule has 0 N–H and O–H groups in total. The van der Waals surface area contributed by atoms with Crippen molar-refractivity contribution >= 4 is 17.7 Å². The van der Waals surface area contributed by atoms with Crippen LogP contribution in [-0.4, -0.2) is 29.7 Å². The number of rotatable bonds is 3. The fourth-order valence-electron chi connectivity index (χ4n) is 2.57. The predicted octanol–water partition coefficient (Wildman–Crippen LogP) is 2.61. The minimum absolute atomic E-state index is 0.198. The van der Waals surface area contributed by atoms with Crippen molar-refractivity contribution in [1.29, 1.82) is 0 Å². The van der Waals surface area contributed by atoms with Crippen LogP contribution in [0.4, 0.5) is 0 Å². The van der Waals surface area contributed by atoms with E-state index in [1.165, 1.54) is 11.1 Å². The van der Waals surface area contributed by atoms with Gasteiger partial charge in [-0.1, -0.05) is 13.0 Å². The predicted molar refractivity (Wildman–Crippen MR) is 72.8 cm³/mol. The zero-order chi connectivity index (χ0) is 12.5. The van der Waals surface area contributed by atoms with Crippen LogP contribution in [0.1, 0.15) is 29.8 Å². The van der Waals surface area contributed by atoms with Crippen molar-refractivity contribution in [1.82, 2.24) is 4.90 Å². The lowest BCUT2D eigenvalue weighted by Crippen LogP contribution is -2.28. The van der Waals surface area contributed by atoms with Crippen LogP contribution in [0.3, 0.4) is 0 Å². The molecule has 0 saturated carbocycles. The van der Waals surface area contributed by atoms with Crippen molar-refractivity contribution in [3.8, 4) is 5.75 Å². The fraction of sp³-hybridized carbons (Fsp3) is 0.500. The van der Waals surface area contributed by atoms with Gasteiger partial charge in [-0.05, 0) is 29.7 Å². The second-order valence-electron chi connectivity index (χ2n) is 4.72. The van der Waals surface area contributed by atoms with Crippen molar-refractivity contribution in [3.63, 3.8) is 0 Å². The van der Waals surface area contributed by atoms with Gasteiger partial charge in [-0.3, -0.25) is 4.79 Å². The molecule has 0 bridgehead atoms. The number of carbonyl (C=O) groups is 1. The highest BCUT2D eigenvalue weighted by Crippen LogP contribution is 2.40. The first-order valence-corrected chi connectivity index (χ1v) is 7.51. The van der Waals surface area contributed by atoms with Gasteiger partial charge in [0.2, 0.25) is 5.91 Å². The Bertz CT molecular complexity index is 475. The van der Waals surface area contributed by atoms with Crippen molar-refractivity contribution in [2.75, 3.05) is 18.9 Å². The third-order valence-corrected chi connectivity index (χ3v) is 4.69. The van der Waals surface area contributed by atoms with Gasteiger partial charge in [0.05, 0.1) is 12.4 Å². The van der Waals surface area contributed by atoms with E-state index in [2.05, 4.69) is 19.1 Å². The fourth-order valence-corrected chi connectivity index (χ4v) is 3.78. The summed E-state index contributed by atoms with van der Waals surface area (Å²) in [4.78, 5) is 13.9. The lowest BCUT2D eigenvalue weighted by molar-refractivity contribution is -0.128. The summed E-state index contributed by atoms with van der Waals surface area (Å²) < 4.78 is 5.52. The molecule has 1 aromatic carbocycles. The van der Waals surface area contributed by atoms with Crippen LogP contribution in [0.25, 0.3) is 0 Å². The number of ether oxygens (including phenoxy) is 1. The average molecular weight is 263 g/mol. The van der Waals surface area contributed by atoms with E-state index in [9.17, 15) is 4.79 Å². The van der Waals surface area contributed by atoms with E-state index in [0.717, 1.165) is 31.7 Å². The lowest BCUT2D eigenvalue weighted by atomic mass is 10.1. The number of amides is 1. The highest BCUT2D eigenvalue weighted by atomic mass is 32.2. The minimum Gasteiger partial charge on any atom is -0.493 e. The second-order valence-corrected chi connectivity index (χ2v) is 5.78. The van der Waals surface area contributed by atoms with Crippen LogP contribution in [-0.2, 0) is 11.2 Å². The summed E-state index contributed by atoms with van der Waals surface area (Å²) >= 11 is 1.73. The Labute approximate surface area is 111 Å².